The zero-order valence-corrected chi connectivity index (χ0v) is 12.1. The highest BCUT2D eigenvalue weighted by molar-refractivity contribution is 5.82. The minimum atomic E-state index is -0.278. The number of phenols is 1. The number of aromatic hydroxyl groups is 1. The quantitative estimate of drug-likeness (QED) is 0.780. The zero-order chi connectivity index (χ0) is 15.0. The number of aromatic nitrogens is 2. The number of hydrogen-bond acceptors (Lipinski definition) is 2. The van der Waals surface area contributed by atoms with Crippen LogP contribution in [0.5, 0.6) is 5.75 Å². The van der Waals surface area contributed by atoms with E-state index in [1.54, 1.807) is 6.07 Å². The van der Waals surface area contributed by atoms with Crippen molar-refractivity contribution in [2.45, 2.75) is 26.8 Å². The van der Waals surface area contributed by atoms with Crippen LogP contribution in [0.25, 0.3) is 22.4 Å². The average Bonchev–Trinajstić information content (AvgIpc) is 2.81. The third-order valence-corrected chi connectivity index (χ3v) is 3.64. The van der Waals surface area contributed by atoms with Gasteiger partial charge in [-0.1, -0.05) is 19.1 Å². The van der Waals surface area contributed by atoms with Gasteiger partial charge in [0.05, 0.1) is 16.6 Å². The van der Waals surface area contributed by atoms with E-state index >= 15 is 0 Å². The van der Waals surface area contributed by atoms with Crippen molar-refractivity contribution in [2.24, 2.45) is 0 Å². The third-order valence-electron chi connectivity index (χ3n) is 3.64. The fourth-order valence-electron chi connectivity index (χ4n) is 2.59. The summed E-state index contributed by atoms with van der Waals surface area (Å²) in [5.41, 5.74) is 2.97. The number of phenolic OH excluding ortho intramolecular Hbond substituents is 1. The lowest BCUT2D eigenvalue weighted by Crippen LogP contribution is -2.00. The van der Waals surface area contributed by atoms with Crippen molar-refractivity contribution < 1.29 is 9.50 Å². The number of hydrogen-bond donors (Lipinski definition) is 1. The van der Waals surface area contributed by atoms with E-state index < -0.39 is 0 Å². The first kappa shape index (κ1) is 13.6. The highest BCUT2D eigenvalue weighted by Gasteiger charge is 2.16. The van der Waals surface area contributed by atoms with Crippen LogP contribution in [0.4, 0.5) is 4.39 Å². The van der Waals surface area contributed by atoms with Crippen LogP contribution in [0.2, 0.25) is 0 Å². The maximum absolute atomic E-state index is 13.5. The molecule has 0 bridgehead atoms. The second-order valence-corrected chi connectivity index (χ2v) is 5.19. The number of halogens is 1. The Morgan fingerprint density at radius 3 is 2.81 bits per heavy atom. The number of fused-ring (bicyclic) bond motifs is 1. The van der Waals surface area contributed by atoms with Crippen molar-refractivity contribution in [1.82, 2.24) is 9.55 Å². The van der Waals surface area contributed by atoms with Gasteiger partial charge in [-0.2, -0.15) is 0 Å². The molecule has 0 amide bonds. The lowest BCUT2D eigenvalue weighted by atomic mass is 10.1. The van der Waals surface area contributed by atoms with Crippen molar-refractivity contribution in [1.29, 1.82) is 0 Å². The molecule has 2 aromatic carbocycles. The summed E-state index contributed by atoms with van der Waals surface area (Å²) in [6, 6.07) is 10.2. The highest BCUT2D eigenvalue weighted by Crippen LogP contribution is 2.33. The normalized spacial score (nSPS) is 11.2. The van der Waals surface area contributed by atoms with Crippen molar-refractivity contribution in [3.8, 4) is 17.1 Å². The van der Waals surface area contributed by atoms with E-state index in [1.165, 1.54) is 12.1 Å². The largest absolute Gasteiger partial charge is 0.507 e. The molecule has 108 valence electrons. The molecule has 0 atom stereocenters. The van der Waals surface area contributed by atoms with Crippen LogP contribution in [0, 0.1) is 12.7 Å². The van der Waals surface area contributed by atoms with Gasteiger partial charge in [0.1, 0.15) is 17.4 Å². The molecule has 4 heteroatoms. The van der Waals surface area contributed by atoms with Crippen LogP contribution in [0.1, 0.15) is 18.9 Å². The second kappa shape index (κ2) is 5.20. The summed E-state index contributed by atoms with van der Waals surface area (Å²) in [5, 5.41) is 10.3. The van der Waals surface area contributed by atoms with Gasteiger partial charge < -0.3 is 9.67 Å². The molecule has 0 aliphatic rings. The highest BCUT2D eigenvalue weighted by atomic mass is 19.1. The first-order valence-electron chi connectivity index (χ1n) is 7.06. The van der Waals surface area contributed by atoms with Gasteiger partial charge in [0, 0.05) is 6.54 Å². The first-order valence-corrected chi connectivity index (χ1v) is 7.06. The average molecular weight is 284 g/mol. The SMILES string of the molecule is CCCn1c(-c2cccc(C)c2O)nc2ccc(F)cc21. The summed E-state index contributed by atoms with van der Waals surface area (Å²) < 4.78 is 15.5. The molecule has 3 rings (SSSR count). The van der Waals surface area contributed by atoms with Gasteiger partial charge in [-0.3, -0.25) is 0 Å². The third kappa shape index (κ3) is 2.27. The fraction of sp³-hybridized carbons (Fsp3) is 0.235. The minimum Gasteiger partial charge on any atom is -0.507 e. The van der Waals surface area contributed by atoms with Gasteiger partial charge in [0.15, 0.2) is 0 Å². The molecule has 0 spiro atoms. The smallest absolute Gasteiger partial charge is 0.144 e. The first-order chi connectivity index (χ1) is 10.1. The van der Waals surface area contributed by atoms with Gasteiger partial charge >= 0.3 is 0 Å². The summed E-state index contributed by atoms with van der Waals surface area (Å²) in [6.45, 7) is 4.64. The van der Waals surface area contributed by atoms with Gasteiger partial charge in [-0.15, -0.1) is 0 Å². The number of para-hydroxylation sites is 1. The van der Waals surface area contributed by atoms with E-state index in [1.807, 2.05) is 29.7 Å². The Labute approximate surface area is 122 Å². The van der Waals surface area contributed by atoms with Gasteiger partial charge in [-0.25, -0.2) is 9.37 Å². The molecule has 0 radical (unpaired) electrons. The van der Waals surface area contributed by atoms with Gasteiger partial charge in [-0.05, 0) is 43.2 Å². The van der Waals surface area contributed by atoms with E-state index in [2.05, 4.69) is 11.9 Å². The predicted molar refractivity (Wildman–Crippen MR) is 81.8 cm³/mol. The Morgan fingerprint density at radius 1 is 1.24 bits per heavy atom. The lowest BCUT2D eigenvalue weighted by molar-refractivity contribution is 0.472. The van der Waals surface area contributed by atoms with Crippen LogP contribution in [0.3, 0.4) is 0 Å². The molecule has 0 saturated heterocycles. The maximum atomic E-state index is 13.5. The predicted octanol–water partition coefficient (Wildman–Crippen LogP) is 4.27. The van der Waals surface area contributed by atoms with Gasteiger partial charge in [0.25, 0.3) is 0 Å². The Hall–Kier alpha value is -2.36. The Morgan fingerprint density at radius 2 is 2.05 bits per heavy atom. The van der Waals surface area contributed by atoms with E-state index in [0.717, 1.165) is 29.6 Å². The number of nitrogens with zero attached hydrogens (tertiary/aromatic N) is 2. The number of benzene rings is 2. The molecule has 0 aliphatic heterocycles. The molecular formula is C17H17FN2O. The topological polar surface area (TPSA) is 38.0 Å². The van der Waals surface area contributed by atoms with Crippen molar-refractivity contribution in [3.05, 3.63) is 47.8 Å². The molecule has 0 fully saturated rings. The lowest BCUT2D eigenvalue weighted by Gasteiger charge is -2.10. The Balaban J connectivity index is 2.31. The van der Waals surface area contributed by atoms with Crippen molar-refractivity contribution >= 4 is 11.0 Å². The molecule has 0 unspecified atom stereocenters. The van der Waals surface area contributed by atoms with E-state index in [4.69, 9.17) is 0 Å². The number of imidazole rings is 1. The summed E-state index contributed by atoms with van der Waals surface area (Å²) >= 11 is 0. The Kier molecular flexibility index (Phi) is 3.37. The maximum Gasteiger partial charge on any atom is 0.144 e. The van der Waals surface area contributed by atoms with Crippen LogP contribution in [-0.2, 0) is 6.54 Å². The fourth-order valence-corrected chi connectivity index (χ4v) is 2.59. The molecule has 1 N–H and O–H groups in total. The van der Waals surface area contributed by atoms with Gasteiger partial charge in [0.2, 0.25) is 0 Å². The number of aryl methyl sites for hydroxylation is 2. The van der Waals surface area contributed by atoms with E-state index in [9.17, 15) is 9.50 Å². The van der Waals surface area contributed by atoms with Crippen LogP contribution < -0.4 is 0 Å². The van der Waals surface area contributed by atoms with Crippen LogP contribution in [-0.4, -0.2) is 14.7 Å². The van der Waals surface area contributed by atoms with Crippen molar-refractivity contribution in [2.75, 3.05) is 0 Å². The standard InChI is InChI=1S/C17H17FN2O/c1-3-9-20-15-10-12(18)7-8-14(15)19-17(20)13-6-4-5-11(2)16(13)21/h4-8,10,21H,3,9H2,1-2H3. The minimum absolute atomic E-state index is 0.227. The van der Waals surface area contributed by atoms with Crippen molar-refractivity contribution in [3.63, 3.8) is 0 Å². The van der Waals surface area contributed by atoms with E-state index in [0.29, 0.717) is 11.4 Å². The molecule has 0 aliphatic carbocycles. The Bertz CT molecular complexity index is 808. The molecule has 3 aromatic rings. The zero-order valence-electron chi connectivity index (χ0n) is 12.1. The molecule has 3 nitrogen and oxygen atoms in total. The number of rotatable bonds is 3. The molecule has 0 saturated carbocycles. The van der Waals surface area contributed by atoms with E-state index in [-0.39, 0.29) is 11.6 Å². The summed E-state index contributed by atoms with van der Waals surface area (Å²) in [4.78, 5) is 4.58. The van der Waals surface area contributed by atoms with Crippen LogP contribution in [0.15, 0.2) is 36.4 Å². The summed E-state index contributed by atoms with van der Waals surface area (Å²) in [5.74, 6) is 0.629. The molecule has 1 heterocycles. The molecular weight excluding hydrogens is 267 g/mol. The monoisotopic (exact) mass is 284 g/mol. The summed E-state index contributed by atoms with van der Waals surface area (Å²) in [7, 11) is 0. The molecule has 21 heavy (non-hydrogen) atoms. The molecule has 1 aromatic heterocycles. The van der Waals surface area contributed by atoms with Crippen LogP contribution >= 0.6 is 0 Å². The second-order valence-electron chi connectivity index (χ2n) is 5.19. The summed E-state index contributed by atoms with van der Waals surface area (Å²) in [6.07, 6.45) is 0.904.